The van der Waals surface area contributed by atoms with Crippen molar-refractivity contribution in [2.75, 3.05) is 19.1 Å². The van der Waals surface area contributed by atoms with Crippen molar-refractivity contribution in [2.24, 2.45) is 0 Å². The molecule has 0 saturated heterocycles. The molecule has 0 aromatic heterocycles. The molecule has 0 heterocycles. The average Bonchev–Trinajstić information content (AvgIpc) is 2.70. The van der Waals surface area contributed by atoms with E-state index in [0.717, 1.165) is 22.6 Å². The number of methoxy groups -OCH3 is 1. The van der Waals surface area contributed by atoms with Gasteiger partial charge >= 0.3 is 0 Å². The summed E-state index contributed by atoms with van der Waals surface area (Å²) in [5.41, 5.74) is 2.45. The van der Waals surface area contributed by atoms with Crippen LogP contribution in [0.15, 0.2) is 48.5 Å². The Morgan fingerprint density at radius 2 is 1.86 bits per heavy atom. The van der Waals surface area contributed by atoms with Crippen LogP contribution < -0.4 is 15.4 Å². The molecule has 2 aromatic rings. The molecule has 2 N–H and O–H groups in total. The Bertz CT molecular complexity index is 810. The first-order valence-electron chi connectivity index (χ1n) is 9.26. The largest absolute Gasteiger partial charge is 0.496 e. The molecule has 0 bridgehead atoms. The molecule has 0 aliphatic rings. The third kappa shape index (κ3) is 6.02. The summed E-state index contributed by atoms with van der Waals surface area (Å²) in [5, 5.41) is 5.89. The maximum atomic E-state index is 12.9. The van der Waals surface area contributed by atoms with E-state index in [9.17, 15) is 9.59 Å². The zero-order valence-electron chi connectivity index (χ0n) is 16.8. The van der Waals surface area contributed by atoms with E-state index in [4.69, 9.17) is 4.74 Å². The molecule has 150 valence electrons. The Hall–Kier alpha value is -2.47. The maximum absolute atomic E-state index is 12.9. The fourth-order valence-electron chi connectivity index (χ4n) is 2.95. The molecule has 2 rings (SSSR count). The van der Waals surface area contributed by atoms with Gasteiger partial charge < -0.3 is 15.4 Å². The molecule has 2 amide bonds. The summed E-state index contributed by atoms with van der Waals surface area (Å²) < 4.78 is 5.38. The Labute approximate surface area is 171 Å². The minimum Gasteiger partial charge on any atom is -0.496 e. The summed E-state index contributed by atoms with van der Waals surface area (Å²) >= 11 is 1.64. The lowest BCUT2D eigenvalue weighted by Gasteiger charge is -2.22. The van der Waals surface area contributed by atoms with Crippen LogP contribution >= 0.6 is 11.8 Å². The van der Waals surface area contributed by atoms with E-state index >= 15 is 0 Å². The quantitative estimate of drug-likeness (QED) is 0.673. The second-order valence-corrected chi connectivity index (χ2v) is 7.63. The highest BCUT2D eigenvalue weighted by molar-refractivity contribution is 7.98. The van der Waals surface area contributed by atoms with E-state index < -0.39 is 6.04 Å². The van der Waals surface area contributed by atoms with Gasteiger partial charge in [0.15, 0.2) is 0 Å². The number of rotatable bonds is 9. The van der Waals surface area contributed by atoms with Gasteiger partial charge in [-0.1, -0.05) is 35.9 Å². The molecular weight excluding hydrogens is 372 g/mol. The van der Waals surface area contributed by atoms with Gasteiger partial charge in [0.2, 0.25) is 5.91 Å². The lowest BCUT2D eigenvalue weighted by Crippen LogP contribution is -2.47. The van der Waals surface area contributed by atoms with E-state index in [-0.39, 0.29) is 17.9 Å². The minimum atomic E-state index is -0.599. The Balaban J connectivity index is 2.10. The molecule has 0 saturated carbocycles. The van der Waals surface area contributed by atoms with Crippen molar-refractivity contribution < 1.29 is 14.3 Å². The monoisotopic (exact) mass is 400 g/mol. The van der Waals surface area contributed by atoms with Crippen molar-refractivity contribution in [3.63, 3.8) is 0 Å². The number of thioether (sulfide) groups is 1. The number of ether oxygens (including phenoxy) is 1. The second-order valence-electron chi connectivity index (χ2n) is 6.65. The number of para-hydroxylation sites is 1. The first-order valence-corrected chi connectivity index (χ1v) is 10.7. The van der Waals surface area contributed by atoms with Gasteiger partial charge in [-0.3, -0.25) is 9.59 Å². The van der Waals surface area contributed by atoms with E-state index in [2.05, 4.69) is 10.6 Å². The third-order valence-corrected chi connectivity index (χ3v) is 5.12. The van der Waals surface area contributed by atoms with Crippen LogP contribution in [-0.2, 0) is 4.79 Å². The van der Waals surface area contributed by atoms with Gasteiger partial charge in [-0.05, 0) is 50.5 Å². The molecule has 0 spiro atoms. The number of benzene rings is 2. The summed E-state index contributed by atoms with van der Waals surface area (Å²) in [6, 6.07) is 14.1. The van der Waals surface area contributed by atoms with Crippen molar-refractivity contribution in [1.29, 1.82) is 0 Å². The van der Waals surface area contributed by atoms with Crippen LogP contribution in [0.3, 0.4) is 0 Å². The van der Waals surface area contributed by atoms with E-state index in [1.54, 1.807) is 24.9 Å². The first kappa shape index (κ1) is 21.8. The summed E-state index contributed by atoms with van der Waals surface area (Å²) in [6.45, 7) is 3.84. The summed E-state index contributed by atoms with van der Waals surface area (Å²) in [5.74, 6) is 1.05. The number of aryl methyl sites for hydroxylation is 1. The molecule has 2 atom stereocenters. The lowest BCUT2D eigenvalue weighted by atomic mass is 10.1. The molecule has 6 heteroatoms. The minimum absolute atomic E-state index is 0.201. The van der Waals surface area contributed by atoms with Gasteiger partial charge in [-0.2, -0.15) is 11.8 Å². The SMILES string of the molecule is COc1ccccc1C(C)NC(=O)C(CCSC)NC(=O)c1cccc(C)c1. The molecule has 5 nitrogen and oxygen atoms in total. The number of hydrogen-bond acceptors (Lipinski definition) is 4. The summed E-state index contributed by atoms with van der Waals surface area (Å²) in [4.78, 5) is 25.5. The molecular formula is C22H28N2O3S. The predicted octanol–water partition coefficient (Wildman–Crippen LogP) is 3.73. The van der Waals surface area contributed by atoms with Crippen molar-refractivity contribution in [3.8, 4) is 5.75 Å². The molecule has 0 fully saturated rings. The highest BCUT2D eigenvalue weighted by Gasteiger charge is 2.23. The second kappa shape index (κ2) is 10.8. The van der Waals surface area contributed by atoms with Gasteiger partial charge in [0.25, 0.3) is 5.91 Å². The fourth-order valence-corrected chi connectivity index (χ4v) is 3.42. The summed E-state index contributed by atoms with van der Waals surface area (Å²) in [7, 11) is 1.61. The molecule has 28 heavy (non-hydrogen) atoms. The Morgan fingerprint density at radius 1 is 1.11 bits per heavy atom. The van der Waals surface area contributed by atoms with Crippen molar-refractivity contribution in [2.45, 2.75) is 32.4 Å². The Morgan fingerprint density at radius 3 is 2.54 bits per heavy atom. The standard InChI is InChI=1S/C22H28N2O3S/c1-15-8-7-9-17(14-15)21(25)24-19(12-13-28-4)22(26)23-16(2)18-10-5-6-11-20(18)27-3/h5-11,14,16,19H,12-13H2,1-4H3,(H,23,26)(H,24,25). The van der Waals surface area contributed by atoms with Crippen LogP contribution in [0.25, 0.3) is 0 Å². The normalized spacial score (nSPS) is 12.7. The van der Waals surface area contributed by atoms with Crippen LogP contribution in [-0.4, -0.2) is 37.0 Å². The van der Waals surface area contributed by atoms with Crippen molar-refractivity contribution in [1.82, 2.24) is 10.6 Å². The molecule has 0 aliphatic heterocycles. The van der Waals surface area contributed by atoms with Gasteiger partial charge in [0.1, 0.15) is 11.8 Å². The van der Waals surface area contributed by atoms with Crippen LogP contribution in [0.1, 0.15) is 40.9 Å². The van der Waals surface area contributed by atoms with Crippen LogP contribution in [0.4, 0.5) is 0 Å². The van der Waals surface area contributed by atoms with E-state index in [1.165, 1.54) is 0 Å². The predicted molar refractivity (Wildman–Crippen MR) is 115 cm³/mol. The zero-order valence-corrected chi connectivity index (χ0v) is 17.6. The fraction of sp³-hybridized carbons (Fsp3) is 0.364. The first-order chi connectivity index (χ1) is 13.5. The molecule has 2 unspecified atom stereocenters. The van der Waals surface area contributed by atoms with Crippen LogP contribution in [0.5, 0.6) is 5.75 Å². The van der Waals surface area contributed by atoms with Crippen molar-refractivity contribution in [3.05, 3.63) is 65.2 Å². The highest BCUT2D eigenvalue weighted by atomic mass is 32.2. The van der Waals surface area contributed by atoms with Crippen molar-refractivity contribution >= 4 is 23.6 Å². The molecule has 0 aliphatic carbocycles. The topological polar surface area (TPSA) is 67.4 Å². The summed E-state index contributed by atoms with van der Waals surface area (Å²) in [6.07, 6.45) is 2.54. The number of carbonyl (C=O) groups is 2. The molecule has 0 radical (unpaired) electrons. The highest BCUT2D eigenvalue weighted by Crippen LogP contribution is 2.24. The number of amides is 2. The number of hydrogen-bond donors (Lipinski definition) is 2. The van der Waals surface area contributed by atoms with Gasteiger partial charge in [0.05, 0.1) is 13.2 Å². The maximum Gasteiger partial charge on any atom is 0.251 e. The van der Waals surface area contributed by atoms with Gasteiger partial charge in [-0.25, -0.2) is 0 Å². The number of nitrogens with one attached hydrogen (secondary N) is 2. The van der Waals surface area contributed by atoms with Crippen LogP contribution in [0.2, 0.25) is 0 Å². The average molecular weight is 401 g/mol. The lowest BCUT2D eigenvalue weighted by molar-refractivity contribution is -0.123. The Kier molecular flexibility index (Phi) is 8.39. The van der Waals surface area contributed by atoms with E-state index in [1.807, 2.05) is 62.6 Å². The van der Waals surface area contributed by atoms with E-state index in [0.29, 0.717) is 12.0 Å². The smallest absolute Gasteiger partial charge is 0.251 e. The van der Waals surface area contributed by atoms with Crippen LogP contribution in [0, 0.1) is 6.92 Å². The third-order valence-electron chi connectivity index (χ3n) is 4.48. The van der Waals surface area contributed by atoms with Gasteiger partial charge in [0, 0.05) is 11.1 Å². The molecule has 2 aromatic carbocycles. The zero-order chi connectivity index (χ0) is 20.5. The van der Waals surface area contributed by atoms with Gasteiger partial charge in [-0.15, -0.1) is 0 Å². The number of carbonyl (C=O) groups excluding carboxylic acids is 2.